The fraction of sp³-hybridized carbons (Fsp3) is 0.700. The van der Waals surface area contributed by atoms with E-state index in [1.54, 1.807) is 13.8 Å². The molecule has 2 aromatic rings. The average molecular weight is 975 g/mol. The molecule has 0 unspecified atom stereocenters. The maximum Gasteiger partial charge on any atom is 0.313 e. The van der Waals surface area contributed by atoms with Gasteiger partial charge < -0.3 is 39.9 Å². The Balaban J connectivity index is 0.872. The fourth-order valence-electron chi connectivity index (χ4n) is 11.2. The van der Waals surface area contributed by atoms with Crippen molar-refractivity contribution in [3.8, 4) is 0 Å². The number of carbonyl (C=O) groups excluding carboxylic acids is 5. The number of anilines is 4. The molecule has 0 radical (unpaired) electrons. The smallest absolute Gasteiger partial charge is 0.313 e. The van der Waals surface area contributed by atoms with Crippen molar-refractivity contribution >= 4 is 63.0 Å². The molecule has 2 aromatic heterocycles. The van der Waals surface area contributed by atoms with Gasteiger partial charge in [-0.05, 0) is 94.4 Å². The summed E-state index contributed by atoms with van der Waals surface area (Å²) in [6, 6.07) is 7.72. The molecule has 18 nitrogen and oxygen atoms in total. The van der Waals surface area contributed by atoms with Gasteiger partial charge in [-0.3, -0.25) is 24.0 Å². The van der Waals surface area contributed by atoms with Crippen molar-refractivity contribution in [2.45, 2.75) is 129 Å². The highest BCUT2D eigenvalue weighted by molar-refractivity contribution is 7.89. The Hall–Kier alpha value is -5.04. The van der Waals surface area contributed by atoms with Crippen LogP contribution in [0.3, 0.4) is 0 Å². The summed E-state index contributed by atoms with van der Waals surface area (Å²) >= 11 is 0. The van der Waals surface area contributed by atoms with E-state index in [2.05, 4.69) is 25.3 Å². The number of pyridine rings is 2. The molecule has 6 aliphatic rings. The fourth-order valence-corrected chi connectivity index (χ4v) is 12.3. The second kappa shape index (κ2) is 23.3. The zero-order valence-corrected chi connectivity index (χ0v) is 41.7. The first kappa shape index (κ1) is 50.4. The molecular weight excluding hydrogens is 901 g/mol. The van der Waals surface area contributed by atoms with Crippen molar-refractivity contribution < 1.29 is 37.1 Å². The van der Waals surface area contributed by atoms with Gasteiger partial charge in [0.15, 0.2) is 0 Å². The van der Waals surface area contributed by atoms with E-state index < -0.39 is 22.0 Å². The number of hydrogen-bond donors (Lipinski definition) is 2. The molecule has 6 heterocycles. The first-order chi connectivity index (χ1) is 33.3. The maximum absolute atomic E-state index is 13.8. The number of amides is 3. The lowest BCUT2D eigenvalue weighted by molar-refractivity contribution is -0.161. The van der Waals surface area contributed by atoms with Crippen LogP contribution in [0.2, 0.25) is 0 Å². The SMILES string of the molecule is CCS(=O)(=O)N1CCN(c2nc(N3CCC[C@@H](CC(=O)OC(=O)C[C@@H]4CCCN(c5ccc(C(=O)NC6CCCCC6)c(N6CCN(C(C)=O)CC6)n5)C4)C3)ccc2C(=O)NC2CCCCC2)CC1. The summed E-state index contributed by atoms with van der Waals surface area (Å²) in [7, 11) is -3.34. The largest absolute Gasteiger partial charge is 0.393 e. The van der Waals surface area contributed by atoms with E-state index in [1.165, 1.54) is 17.1 Å². The molecule has 0 aromatic carbocycles. The third-order valence-corrected chi connectivity index (χ3v) is 17.1. The number of ether oxygens (including phenoxy) is 1. The van der Waals surface area contributed by atoms with Crippen LogP contribution in [-0.4, -0.2) is 154 Å². The monoisotopic (exact) mass is 975 g/mol. The standard InChI is InChI=1S/C50H74N10O8S/c1-3-69(66,67)60-30-28-57(29-31-60)48-42(50(65)52-40-16-8-5-9-17-40)19-21-44(54-48)59-23-11-13-38(35-59)33-46(63)68-45(62)32-37-12-10-22-58(34-37)43-20-18-41(49(64)51-39-14-6-4-7-15-39)47(53-43)56-26-24-55(25-27-56)36(2)61/h18-21,37-40H,3-17,22-35H2,1-2H3,(H,51,64)(H,52,65)/t37-,38-/m0/s1. The third-order valence-electron chi connectivity index (χ3n) is 15.2. The summed E-state index contributed by atoms with van der Waals surface area (Å²) in [5.74, 6) is 1.16. The number of piperazine rings is 2. The summed E-state index contributed by atoms with van der Waals surface area (Å²) in [4.78, 5) is 86.7. The number of esters is 2. The second-order valence-corrected chi connectivity index (χ2v) is 22.4. The van der Waals surface area contributed by atoms with Crippen molar-refractivity contribution in [2.24, 2.45) is 11.8 Å². The Morgan fingerprint density at radius 3 is 1.42 bits per heavy atom. The Morgan fingerprint density at radius 1 is 0.565 bits per heavy atom. The second-order valence-electron chi connectivity index (χ2n) is 20.1. The number of nitrogens with one attached hydrogen (secondary N) is 2. The van der Waals surface area contributed by atoms with Crippen LogP contribution in [0.5, 0.6) is 0 Å². The van der Waals surface area contributed by atoms with Crippen LogP contribution in [0, 0.1) is 11.8 Å². The molecule has 69 heavy (non-hydrogen) atoms. The number of carbonyl (C=O) groups is 5. The highest BCUT2D eigenvalue weighted by atomic mass is 32.2. The van der Waals surface area contributed by atoms with E-state index in [0.717, 1.165) is 89.4 Å². The van der Waals surface area contributed by atoms with E-state index >= 15 is 0 Å². The van der Waals surface area contributed by atoms with Gasteiger partial charge in [-0.2, -0.15) is 4.31 Å². The number of aromatic nitrogens is 2. The summed E-state index contributed by atoms with van der Waals surface area (Å²) in [6.07, 6.45) is 14.0. The highest BCUT2D eigenvalue weighted by Gasteiger charge is 2.33. The van der Waals surface area contributed by atoms with Crippen LogP contribution >= 0.6 is 0 Å². The number of rotatable bonds is 14. The molecule has 6 fully saturated rings. The molecule has 4 saturated heterocycles. The lowest BCUT2D eigenvalue weighted by atomic mass is 9.94. The number of sulfonamides is 1. The quantitative estimate of drug-likeness (QED) is 0.195. The molecule has 8 rings (SSSR count). The minimum absolute atomic E-state index is 0.0334. The number of piperidine rings is 2. The molecule has 0 bridgehead atoms. The van der Waals surface area contributed by atoms with Gasteiger partial charge in [-0.1, -0.05) is 38.5 Å². The molecule has 2 saturated carbocycles. The van der Waals surface area contributed by atoms with Crippen LogP contribution in [0.4, 0.5) is 23.3 Å². The van der Waals surface area contributed by atoms with Crippen molar-refractivity contribution in [1.82, 2.24) is 29.8 Å². The van der Waals surface area contributed by atoms with Crippen molar-refractivity contribution in [2.75, 3.05) is 104 Å². The normalized spacial score (nSPS) is 22.6. The topological polar surface area (TPSA) is 198 Å². The Kier molecular flexibility index (Phi) is 17.0. The lowest BCUT2D eigenvalue weighted by Gasteiger charge is -2.37. The van der Waals surface area contributed by atoms with Crippen molar-refractivity contribution in [3.63, 3.8) is 0 Å². The minimum atomic E-state index is -3.34. The van der Waals surface area contributed by atoms with Gasteiger partial charge >= 0.3 is 11.9 Å². The third kappa shape index (κ3) is 13.0. The van der Waals surface area contributed by atoms with Gasteiger partial charge in [0.2, 0.25) is 15.9 Å². The zero-order valence-electron chi connectivity index (χ0n) is 40.9. The van der Waals surface area contributed by atoms with E-state index in [9.17, 15) is 32.4 Å². The van der Waals surface area contributed by atoms with Gasteiger partial charge in [0.25, 0.3) is 11.8 Å². The van der Waals surface area contributed by atoms with Crippen LogP contribution in [0.25, 0.3) is 0 Å². The lowest BCUT2D eigenvalue weighted by Crippen LogP contribution is -2.50. The van der Waals surface area contributed by atoms with Crippen LogP contribution < -0.4 is 30.2 Å². The average Bonchev–Trinajstić information content (AvgIpc) is 3.36. The molecule has 0 spiro atoms. The minimum Gasteiger partial charge on any atom is -0.393 e. The first-order valence-electron chi connectivity index (χ1n) is 25.9. The highest BCUT2D eigenvalue weighted by Crippen LogP contribution is 2.32. The first-order valence-corrected chi connectivity index (χ1v) is 27.5. The van der Waals surface area contributed by atoms with E-state index in [1.807, 2.05) is 34.1 Å². The number of nitrogens with zero attached hydrogens (tertiary/aromatic N) is 8. The number of hydrogen-bond acceptors (Lipinski definition) is 14. The van der Waals surface area contributed by atoms with Gasteiger partial charge in [0.1, 0.15) is 23.3 Å². The molecule has 2 atom stereocenters. The predicted molar refractivity (Wildman–Crippen MR) is 265 cm³/mol. The van der Waals surface area contributed by atoms with Gasteiger partial charge in [-0.15, -0.1) is 0 Å². The summed E-state index contributed by atoms with van der Waals surface area (Å²) in [5, 5.41) is 6.49. The van der Waals surface area contributed by atoms with Crippen LogP contribution in [-0.2, 0) is 29.1 Å². The van der Waals surface area contributed by atoms with Gasteiger partial charge in [-0.25, -0.2) is 18.4 Å². The van der Waals surface area contributed by atoms with Crippen LogP contribution in [0.15, 0.2) is 24.3 Å². The summed E-state index contributed by atoms with van der Waals surface area (Å²) < 4.78 is 32.3. The molecular formula is C50H74N10O8S. The molecule has 2 N–H and O–H groups in total. The van der Waals surface area contributed by atoms with E-state index in [4.69, 9.17) is 14.7 Å². The van der Waals surface area contributed by atoms with Gasteiger partial charge in [0, 0.05) is 97.5 Å². The maximum atomic E-state index is 13.8. The predicted octanol–water partition coefficient (Wildman–Crippen LogP) is 4.72. The van der Waals surface area contributed by atoms with Crippen LogP contribution in [0.1, 0.15) is 137 Å². The van der Waals surface area contributed by atoms with Gasteiger partial charge in [0.05, 0.1) is 29.7 Å². The zero-order chi connectivity index (χ0) is 48.5. The summed E-state index contributed by atoms with van der Waals surface area (Å²) in [5.41, 5.74) is 1.00. The Morgan fingerprint density at radius 2 is 1.00 bits per heavy atom. The molecule has 19 heteroatoms. The molecule has 2 aliphatic carbocycles. The van der Waals surface area contributed by atoms with E-state index in [0.29, 0.717) is 101 Å². The molecule has 4 aliphatic heterocycles. The molecule has 378 valence electrons. The Labute approximate surface area is 408 Å². The molecule has 3 amide bonds. The van der Waals surface area contributed by atoms with Crippen molar-refractivity contribution in [3.05, 3.63) is 35.4 Å². The van der Waals surface area contributed by atoms with E-state index in [-0.39, 0.29) is 60.2 Å². The summed E-state index contributed by atoms with van der Waals surface area (Å²) in [6.45, 7) is 9.48. The van der Waals surface area contributed by atoms with Crippen molar-refractivity contribution in [1.29, 1.82) is 0 Å². The Bertz CT molecular complexity index is 2250.